The maximum Gasteiger partial charge on any atom is 0.416 e. The van der Waals surface area contributed by atoms with Crippen molar-refractivity contribution < 1.29 is 13.2 Å². The van der Waals surface area contributed by atoms with Crippen molar-refractivity contribution in [3.05, 3.63) is 35.4 Å². The molecule has 1 saturated carbocycles. The van der Waals surface area contributed by atoms with E-state index >= 15 is 0 Å². The number of halogens is 4. The minimum Gasteiger partial charge on any atom is -0.330 e. The van der Waals surface area contributed by atoms with Crippen LogP contribution in [0, 0.1) is 5.41 Å². The highest BCUT2D eigenvalue weighted by atomic mass is 35.5. The standard InChI is InChI=1S/C12H14F3N.ClH/c13-12(14,15)10-4-2-1-3-9(10)7-11(8-16)5-6-11;/h1-4H,5-8,16H2;1H. The quantitative estimate of drug-likeness (QED) is 0.891. The fourth-order valence-electron chi connectivity index (χ4n) is 1.98. The molecule has 1 aliphatic carbocycles. The Morgan fingerprint density at radius 1 is 1.18 bits per heavy atom. The van der Waals surface area contributed by atoms with Crippen molar-refractivity contribution in [2.24, 2.45) is 11.1 Å². The van der Waals surface area contributed by atoms with Crippen LogP contribution in [0.15, 0.2) is 24.3 Å². The highest BCUT2D eigenvalue weighted by Crippen LogP contribution is 2.48. The number of hydrogen-bond acceptors (Lipinski definition) is 1. The van der Waals surface area contributed by atoms with E-state index in [-0.39, 0.29) is 17.8 Å². The number of alkyl halides is 3. The van der Waals surface area contributed by atoms with Gasteiger partial charge in [0.15, 0.2) is 0 Å². The van der Waals surface area contributed by atoms with E-state index in [2.05, 4.69) is 0 Å². The van der Waals surface area contributed by atoms with Crippen molar-refractivity contribution in [3.8, 4) is 0 Å². The van der Waals surface area contributed by atoms with E-state index in [9.17, 15) is 13.2 Å². The lowest BCUT2D eigenvalue weighted by molar-refractivity contribution is -0.138. The molecule has 2 N–H and O–H groups in total. The molecule has 0 radical (unpaired) electrons. The minimum atomic E-state index is -4.26. The molecular formula is C12H15ClF3N. The molecule has 96 valence electrons. The summed E-state index contributed by atoms with van der Waals surface area (Å²) in [6.45, 7) is 0.471. The third-order valence-corrected chi connectivity index (χ3v) is 3.28. The van der Waals surface area contributed by atoms with Crippen LogP contribution < -0.4 is 5.73 Å². The topological polar surface area (TPSA) is 26.0 Å². The maximum atomic E-state index is 12.7. The molecule has 1 aromatic rings. The van der Waals surface area contributed by atoms with Crippen LogP contribution >= 0.6 is 12.4 Å². The average Bonchev–Trinajstić information content (AvgIpc) is 2.98. The number of nitrogens with two attached hydrogens (primary N) is 1. The summed E-state index contributed by atoms with van der Waals surface area (Å²) in [5, 5.41) is 0. The molecule has 2 rings (SSSR count). The lowest BCUT2D eigenvalue weighted by Gasteiger charge is -2.17. The second-order valence-electron chi connectivity index (χ2n) is 4.54. The van der Waals surface area contributed by atoms with Crippen molar-refractivity contribution in [1.29, 1.82) is 0 Å². The summed E-state index contributed by atoms with van der Waals surface area (Å²) < 4.78 is 38.1. The molecule has 0 aromatic heterocycles. The van der Waals surface area contributed by atoms with Gasteiger partial charge in [-0.05, 0) is 42.9 Å². The Balaban J connectivity index is 0.00000144. The first kappa shape index (κ1) is 14.3. The highest BCUT2D eigenvalue weighted by molar-refractivity contribution is 5.85. The second-order valence-corrected chi connectivity index (χ2v) is 4.54. The van der Waals surface area contributed by atoms with Gasteiger partial charge in [0, 0.05) is 0 Å². The molecular weight excluding hydrogens is 251 g/mol. The summed E-state index contributed by atoms with van der Waals surface area (Å²) in [7, 11) is 0. The van der Waals surface area contributed by atoms with Gasteiger partial charge in [-0.15, -0.1) is 12.4 Å². The maximum absolute atomic E-state index is 12.7. The molecule has 1 aliphatic rings. The van der Waals surface area contributed by atoms with Gasteiger partial charge < -0.3 is 5.73 Å². The van der Waals surface area contributed by atoms with Crippen molar-refractivity contribution in [2.75, 3.05) is 6.54 Å². The van der Waals surface area contributed by atoms with Crippen molar-refractivity contribution in [1.82, 2.24) is 0 Å². The summed E-state index contributed by atoms with van der Waals surface area (Å²) in [6, 6.07) is 5.77. The molecule has 17 heavy (non-hydrogen) atoms. The molecule has 0 amide bonds. The SMILES string of the molecule is Cl.NCC1(Cc2ccccc2C(F)(F)F)CC1. The summed E-state index contributed by atoms with van der Waals surface area (Å²) in [5.41, 5.74) is 5.38. The van der Waals surface area contributed by atoms with Crippen LogP contribution in [0.3, 0.4) is 0 Å². The average molecular weight is 266 g/mol. The Labute approximate surface area is 105 Å². The van der Waals surface area contributed by atoms with Crippen LogP contribution in [0.2, 0.25) is 0 Å². The molecule has 0 aliphatic heterocycles. The van der Waals surface area contributed by atoms with Gasteiger partial charge in [-0.1, -0.05) is 18.2 Å². The fraction of sp³-hybridized carbons (Fsp3) is 0.500. The molecule has 0 heterocycles. The van der Waals surface area contributed by atoms with E-state index < -0.39 is 11.7 Å². The second kappa shape index (κ2) is 4.86. The monoisotopic (exact) mass is 265 g/mol. The lowest BCUT2D eigenvalue weighted by atomic mass is 9.93. The van der Waals surface area contributed by atoms with Gasteiger partial charge in [0.2, 0.25) is 0 Å². The van der Waals surface area contributed by atoms with Gasteiger partial charge in [-0.25, -0.2) is 0 Å². The molecule has 0 atom stereocenters. The minimum absolute atomic E-state index is 0. The van der Waals surface area contributed by atoms with Gasteiger partial charge in [0.25, 0.3) is 0 Å². The Hall–Kier alpha value is -0.740. The lowest BCUT2D eigenvalue weighted by Crippen LogP contribution is -2.20. The van der Waals surface area contributed by atoms with Gasteiger partial charge >= 0.3 is 6.18 Å². The number of benzene rings is 1. The zero-order valence-corrected chi connectivity index (χ0v) is 10.1. The first-order valence-electron chi connectivity index (χ1n) is 5.32. The fourth-order valence-corrected chi connectivity index (χ4v) is 1.98. The first-order chi connectivity index (χ1) is 7.47. The smallest absolute Gasteiger partial charge is 0.330 e. The molecule has 5 heteroatoms. The highest BCUT2D eigenvalue weighted by Gasteiger charge is 2.43. The number of hydrogen-bond donors (Lipinski definition) is 1. The summed E-state index contributed by atoms with van der Waals surface area (Å²) in [6.07, 6.45) is -1.94. The predicted octanol–water partition coefficient (Wildman–Crippen LogP) is 3.41. The van der Waals surface area contributed by atoms with E-state index in [1.165, 1.54) is 6.07 Å². The molecule has 0 bridgehead atoms. The van der Waals surface area contributed by atoms with E-state index in [0.29, 0.717) is 18.5 Å². The largest absolute Gasteiger partial charge is 0.416 e. The summed E-state index contributed by atoms with van der Waals surface area (Å²) in [5.74, 6) is 0. The zero-order chi connectivity index (χ0) is 11.8. The van der Waals surface area contributed by atoms with Crippen LogP contribution in [0.1, 0.15) is 24.0 Å². The van der Waals surface area contributed by atoms with Crippen molar-refractivity contribution in [2.45, 2.75) is 25.4 Å². The van der Waals surface area contributed by atoms with Crippen LogP contribution in [0.5, 0.6) is 0 Å². The zero-order valence-electron chi connectivity index (χ0n) is 9.26. The van der Waals surface area contributed by atoms with Crippen molar-refractivity contribution in [3.63, 3.8) is 0 Å². The van der Waals surface area contributed by atoms with E-state index in [1.807, 2.05) is 0 Å². The van der Waals surface area contributed by atoms with Crippen molar-refractivity contribution >= 4 is 12.4 Å². The van der Waals surface area contributed by atoms with Crippen LogP contribution in [0.25, 0.3) is 0 Å². The van der Waals surface area contributed by atoms with E-state index in [4.69, 9.17) is 5.73 Å². The predicted molar refractivity (Wildman–Crippen MR) is 63.1 cm³/mol. The van der Waals surface area contributed by atoms with Gasteiger partial charge in [-0.3, -0.25) is 0 Å². The summed E-state index contributed by atoms with van der Waals surface area (Å²) >= 11 is 0. The Bertz CT molecular complexity index is 386. The normalized spacial score (nSPS) is 17.4. The Morgan fingerprint density at radius 2 is 1.76 bits per heavy atom. The van der Waals surface area contributed by atoms with Gasteiger partial charge in [-0.2, -0.15) is 13.2 Å². The molecule has 0 unspecified atom stereocenters. The molecule has 1 aromatic carbocycles. The molecule has 1 fully saturated rings. The third kappa shape index (κ3) is 3.13. The van der Waals surface area contributed by atoms with Crippen LogP contribution in [-0.2, 0) is 12.6 Å². The van der Waals surface area contributed by atoms with Gasteiger partial charge in [0.05, 0.1) is 5.56 Å². The third-order valence-electron chi connectivity index (χ3n) is 3.28. The molecule has 1 nitrogen and oxygen atoms in total. The number of rotatable bonds is 3. The van der Waals surface area contributed by atoms with E-state index in [1.54, 1.807) is 12.1 Å². The van der Waals surface area contributed by atoms with E-state index in [0.717, 1.165) is 18.9 Å². The van der Waals surface area contributed by atoms with Crippen LogP contribution in [-0.4, -0.2) is 6.54 Å². The molecule has 0 spiro atoms. The molecule has 0 saturated heterocycles. The van der Waals surface area contributed by atoms with Gasteiger partial charge in [0.1, 0.15) is 0 Å². The Morgan fingerprint density at radius 3 is 2.24 bits per heavy atom. The Kier molecular flexibility index (Phi) is 4.10. The summed E-state index contributed by atoms with van der Waals surface area (Å²) in [4.78, 5) is 0. The van der Waals surface area contributed by atoms with Crippen LogP contribution in [0.4, 0.5) is 13.2 Å². The first-order valence-corrected chi connectivity index (χ1v) is 5.32.